The van der Waals surface area contributed by atoms with E-state index < -0.39 is 0 Å². The van der Waals surface area contributed by atoms with Crippen LogP contribution in [0.15, 0.2) is 42.6 Å². The number of rotatable bonds is 5. The van der Waals surface area contributed by atoms with E-state index in [9.17, 15) is 4.79 Å². The molecule has 0 unspecified atom stereocenters. The van der Waals surface area contributed by atoms with Gasteiger partial charge in [0.05, 0.1) is 11.9 Å². The first-order valence-electron chi connectivity index (χ1n) is 6.55. The molecule has 3 nitrogen and oxygen atoms in total. The Bertz CT molecular complexity index is 596. The Balaban J connectivity index is 2.09. The summed E-state index contributed by atoms with van der Waals surface area (Å²) in [4.78, 5) is 17.8. The van der Waals surface area contributed by atoms with Crippen LogP contribution in [-0.2, 0) is 6.54 Å². The second kappa shape index (κ2) is 6.53. The van der Waals surface area contributed by atoms with Crippen molar-refractivity contribution in [3.63, 3.8) is 0 Å². The Morgan fingerprint density at radius 2 is 2.10 bits per heavy atom. The second-order valence-electron chi connectivity index (χ2n) is 4.66. The molecular formula is C16H17ClN2O. The maximum atomic E-state index is 11.5. The lowest BCUT2D eigenvalue weighted by atomic mass is 10.2. The van der Waals surface area contributed by atoms with Gasteiger partial charge in [-0.1, -0.05) is 30.7 Å². The second-order valence-corrected chi connectivity index (χ2v) is 5.10. The van der Waals surface area contributed by atoms with Crippen LogP contribution in [0.3, 0.4) is 0 Å². The van der Waals surface area contributed by atoms with Crippen molar-refractivity contribution in [1.29, 1.82) is 0 Å². The monoisotopic (exact) mass is 288 g/mol. The zero-order valence-electron chi connectivity index (χ0n) is 11.6. The van der Waals surface area contributed by atoms with Gasteiger partial charge in [-0.3, -0.25) is 9.78 Å². The van der Waals surface area contributed by atoms with Crippen LogP contribution in [0, 0.1) is 0 Å². The average Bonchev–Trinajstić information content (AvgIpc) is 2.46. The molecule has 0 aliphatic carbocycles. The van der Waals surface area contributed by atoms with Crippen molar-refractivity contribution in [3.8, 4) is 0 Å². The summed E-state index contributed by atoms with van der Waals surface area (Å²) in [5, 5.41) is 0.734. The summed E-state index contributed by atoms with van der Waals surface area (Å²) in [6, 6.07) is 11.5. The molecule has 0 radical (unpaired) electrons. The molecule has 0 bridgehead atoms. The van der Waals surface area contributed by atoms with Crippen LogP contribution in [0.2, 0.25) is 5.02 Å². The van der Waals surface area contributed by atoms with Gasteiger partial charge in [0, 0.05) is 25.0 Å². The summed E-state index contributed by atoms with van der Waals surface area (Å²) in [5.74, 6) is 0.0639. The predicted molar refractivity (Wildman–Crippen MR) is 82.4 cm³/mol. The van der Waals surface area contributed by atoms with E-state index in [4.69, 9.17) is 11.6 Å². The highest BCUT2D eigenvalue weighted by Crippen LogP contribution is 2.17. The van der Waals surface area contributed by atoms with Gasteiger partial charge < -0.3 is 4.90 Å². The van der Waals surface area contributed by atoms with Gasteiger partial charge in [0.15, 0.2) is 5.78 Å². The van der Waals surface area contributed by atoms with Gasteiger partial charge in [0.1, 0.15) is 5.69 Å². The number of Topliss-reactive ketones (excluding diaryl/α,β-unsaturated/α-hetero) is 1. The van der Waals surface area contributed by atoms with Crippen LogP contribution in [-0.4, -0.2) is 17.8 Å². The number of nitrogens with zero attached hydrogens (tertiary/aromatic N) is 2. The molecule has 20 heavy (non-hydrogen) atoms. The quantitative estimate of drug-likeness (QED) is 0.781. The molecule has 0 amide bonds. The molecule has 0 saturated carbocycles. The molecule has 0 N–H and O–H groups in total. The van der Waals surface area contributed by atoms with E-state index in [1.807, 2.05) is 44.3 Å². The van der Waals surface area contributed by atoms with Crippen LogP contribution in [0.1, 0.15) is 29.4 Å². The largest absolute Gasteiger partial charge is 0.369 e. The van der Waals surface area contributed by atoms with Crippen molar-refractivity contribution in [2.24, 2.45) is 0 Å². The van der Waals surface area contributed by atoms with Crippen LogP contribution < -0.4 is 4.90 Å². The molecule has 2 aromatic rings. The summed E-state index contributed by atoms with van der Waals surface area (Å²) < 4.78 is 0. The van der Waals surface area contributed by atoms with Gasteiger partial charge in [0.25, 0.3) is 0 Å². The van der Waals surface area contributed by atoms with Crippen LogP contribution in [0.25, 0.3) is 0 Å². The Kier molecular flexibility index (Phi) is 4.74. The van der Waals surface area contributed by atoms with Crippen LogP contribution in [0.5, 0.6) is 0 Å². The summed E-state index contributed by atoms with van der Waals surface area (Å²) in [6.45, 7) is 2.58. The molecule has 0 atom stereocenters. The molecule has 0 aliphatic rings. The zero-order valence-corrected chi connectivity index (χ0v) is 12.4. The fourth-order valence-corrected chi connectivity index (χ4v) is 2.17. The molecule has 0 aliphatic heterocycles. The molecule has 0 fully saturated rings. The van der Waals surface area contributed by atoms with Crippen LogP contribution in [0.4, 0.5) is 5.69 Å². The molecule has 1 heterocycles. The van der Waals surface area contributed by atoms with Gasteiger partial charge in [0.2, 0.25) is 0 Å². The SMILES string of the molecule is CCC(=O)c1ccc(N(C)Cc2cccc(Cl)c2)cn1. The summed E-state index contributed by atoms with van der Waals surface area (Å²) >= 11 is 5.98. The lowest BCUT2D eigenvalue weighted by Gasteiger charge is -2.19. The maximum Gasteiger partial charge on any atom is 0.180 e. The number of hydrogen-bond donors (Lipinski definition) is 0. The maximum absolute atomic E-state index is 11.5. The van der Waals surface area contributed by atoms with Gasteiger partial charge >= 0.3 is 0 Å². The van der Waals surface area contributed by atoms with Crippen molar-refractivity contribution in [3.05, 3.63) is 58.9 Å². The first-order valence-corrected chi connectivity index (χ1v) is 6.92. The summed E-state index contributed by atoms with van der Waals surface area (Å²) in [7, 11) is 1.99. The van der Waals surface area contributed by atoms with E-state index in [1.165, 1.54) is 0 Å². The number of pyridine rings is 1. The highest BCUT2D eigenvalue weighted by molar-refractivity contribution is 6.30. The predicted octanol–water partition coefficient (Wildman–Crippen LogP) is 3.96. The number of carbonyl (C=O) groups excluding carboxylic acids is 1. The number of aromatic nitrogens is 1. The number of ketones is 1. The first kappa shape index (κ1) is 14.5. The molecule has 104 valence electrons. The highest BCUT2D eigenvalue weighted by atomic mass is 35.5. The standard InChI is InChI=1S/C16H17ClN2O/c1-3-16(20)15-8-7-14(10-18-15)19(2)11-12-5-4-6-13(17)9-12/h4-10H,3,11H2,1-2H3. The summed E-state index contributed by atoms with van der Waals surface area (Å²) in [6.07, 6.45) is 2.21. The van der Waals surface area contributed by atoms with E-state index in [1.54, 1.807) is 12.3 Å². The Morgan fingerprint density at radius 1 is 1.30 bits per heavy atom. The molecule has 2 rings (SSSR count). The van der Waals surface area contributed by atoms with E-state index in [0.717, 1.165) is 22.8 Å². The van der Waals surface area contributed by atoms with Gasteiger partial charge in [-0.2, -0.15) is 0 Å². The van der Waals surface area contributed by atoms with E-state index in [2.05, 4.69) is 9.88 Å². The minimum Gasteiger partial charge on any atom is -0.369 e. The van der Waals surface area contributed by atoms with Crippen molar-refractivity contribution >= 4 is 23.1 Å². The van der Waals surface area contributed by atoms with Gasteiger partial charge in [-0.25, -0.2) is 0 Å². The van der Waals surface area contributed by atoms with Crippen LogP contribution >= 0.6 is 11.6 Å². The van der Waals surface area contributed by atoms with Gasteiger partial charge in [-0.15, -0.1) is 0 Å². The third-order valence-corrected chi connectivity index (χ3v) is 3.34. The number of halogens is 1. The molecule has 4 heteroatoms. The molecule has 0 spiro atoms. The molecule has 1 aromatic carbocycles. The smallest absolute Gasteiger partial charge is 0.180 e. The Hall–Kier alpha value is -1.87. The Morgan fingerprint density at radius 3 is 2.70 bits per heavy atom. The summed E-state index contributed by atoms with van der Waals surface area (Å²) in [5.41, 5.74) is 2.62. The molecular weight excluding hydrogens is 272 g/mol. The van der Waals surface area contributed by atoms with Gasteiger partial charge in [-0.05, 0) is 29.8 Å². The third kappa shape index (κ3) is 3.58. The Labute approximate surface area is 124 Å². The third-order valence-electron chi connectivity index (χ3n) is 3.10. The average molecular weight is 289 g/mol. The zero-order chi connectivity index (χ0) is 14.5. The molecule has 0 saturated heterocycles. The number of hydrogen-bond acceptors (Lipinski definition) is 3. The van der Waals surface area contributed by atoms with Crippen molar-refractivity contribution in [2.45, 2.75) is 19.9 Å². The number of carbonyl (C=O) groups is 1. The fourth-order valence-electron chi connectivity index (χ4n) is 1.96. The van der Waals surface area contributed by atoms with Crippen molar-refractivity contribution in [2.75, 3.05) is 11.9 Å². The van der Waals surface area contributed by atoms with Crippen molar-refractivity contribution in [1.82, 2.24) is 4.98 Å². The lowest BCUT2D eigenvalue weighted by molar-refractivity contribution is 0.0983. The lowest BCUT2D eigenvalue weighted by Crippen LogP contribution is -2.16. The first-order chi connectivity index (χ1) is 9.60. The van der Waals surface area contributed by atoms with Crippen molar-refractivity contribution < 1.29 is 4.79 Å². The van der Waals surface area contributed by atoms with E-state index in [-0.39, 0.29) is 5.78 Å². The normalized spacial score (nSPS) is 10.3. The number of benzene rings is 1. The van der Waals surface area contributed by atoms with E-state index in [0.29, 0.717) is 12.1 Å². The molecule has 1 aromatic heterocycles. The topological polar surface area (TPSA) is 33.2 Å². The minimum absolute atomic E-state index is 0.0639. The number of anilines is 1. The minimum atomic E-state index is 0.0639. The fraction of sp³-hybridized carbons (Fsp3) is 0.250. The highest BCUT2D eigenvalue weighted by Gasteiger charge is 2.07. The van der Waals surface area contributed by atoms with E-state index >= 15 is 0 Å².